The molecular weight excluding hydrogens is 214 g/mol. The van der Waals surface area contributed by atoms with Crippen molar-refractivity contribution < 1.29 is 9.84 Å². The summed E-state index contributed by atoms with van der Waals surface area (Å²) in [6.07, 6.45) is 1.67. The SMILES string of the molecule is COc1ccccc1C=Nc1ccccc1O. The largest absolute Gasteiger partial charge is 0.506 e. The van der Waals surface area contributed by atoms with Gasteiger partial charge in [0.15, 0.2) is 0 Å². The molecule has 1 N–H and O–H groups in total. The van der Waals surface area contributed by atoms with Crippen LogP contribution in [0.4, 0.5) is 5.69 Å². The monoisotopic (exact) mass is 227 g/mol. The number of hydrogen-bond acceptors (Lipinski definition) is 3. The minimum Gasteiger partial charge on any atom is -0.506 e. The zero-order chi connectivity index (χ0) is 12.1. The molecule has 0 aliphatic heterocycles. The number of benzene rings is 2. The number of phenols is 1. The van der Waals surface area contributed by atoms with Crippen LogP contribution in [0.1, 0.15) is 5.56 Å². The molecule has 3 nitrogen and oxygen atoms in total. The number of para-hydroxylation sites is 3. The Balaban J connectivity index is 2.29. The fourth-order valence-electron chi connectivity index (χ4n) is 1.49. The van der Waals surface area contributed by atoms with E-state index in [9.17, 15) is 5.11 Å². The smallest absolute Gasteiger partial charge is 0.141 e. The molecule has 0 aliphatic rings. The van der Waals surface area contributed by atoms with Crippen LogP contribution in [0.25, 0.3) is 0 Å². The summed E-state index contributed by atoms with van der Waals surface area (Å²) in [7, 11) is 1.62. The number of nitrogens with zero attached hydrogens (tertiary/aromatic N) is 1. The number of hydrogen-bond donors (Lipinski definition) is 1. The van der Waals surface area contributed by atoms with Crippen molar-refractivity contribution in [3.63, 3.8) is 0 Å². The van der Waals surface area contributed by atoms with Crippen LogP contribution in [0.5, 0.6) is 11.5 Å². The van der Waals surface area contributed by atoms with Crippen LogP contribution in [0.15, 0.2) is 53.5 Å². The highest BCUT2D eigenvalue weighted by Crippen LogP contribution is 2.25. The number of rotatable bonds is 3. The van der Waals surface area contributed by atoms with E-state index in [4.69, 9.17) is 4.74 Å². The zero-order valence-corrected chi connectivity index (χ0v) is 9.50. The average Bonchev–Trinajstić information content (AvgIpc) is 2.38. The summed E-state index contributed by atoms with van der Waals surface area (Å²) in [6, 6.07) is 14.5. The molecule has 0 heterocycles. The Morgan fingerprint density at radius 2 is 1.76 bits per heavy atom. The molecular formula is C14H13NO2. The Hall–Kier alpha value is -2.29. The number of ether oxygens (including phenoxy) is 1. The van der Waals surface area contributed by atoms with E-state index < -0.39 is 0 Å². The van der Waals surface area contributed by atoms with Gasteiger partial charge in [0.2, 0.25) is 0 Å². The molecule has 0 fully saturated rings. The van der Waals surface area contributed by atoms with E-state index in [0.29, 0.717) is 5.69 Å². The molecule has 17 heavy (non-hydrogen) atoms. The number of aliphatic imine (C=N–C) groups is 1. The lowest BCUT2D eigenvalue weighted by Gasteiger charge is -2.03. The Bertz CT molecular complexity index is 535. The molecule has 0 aromatic heterocycles. The summed E-state index contributed by atoms with van der Waals surface area (Å²) in [5.74, 6) is 0.922. The highest BCUT2D eigenvalue weighted by atomic mass is 16.5. The number of methoxy groups -OCH3 is 1. The predicted molar refractivity (Wildman–Crippen MR) is 68.4 cm³/mol. The fraction of sp³-hybridized carbons (Fsp3) is 0.0714. The van der Waals surface area contributed by atoms with Gasteiger partial charge in [-0.05, 0) is 24.3 Å². The standard InChI is InChI=1S/C14H13NO2/c1-17-14-9-5-2-6-11(14)10-15-12-7-3-4-8-13(12)16/h2-10,16H,1H3. The summed E-state index contributed by atoms with van der Waals surface area (Å²) in [5, 5.41) is 9.57. The molecule has 2 aromatic carbocycles. The van der Waals surface area contributed by atoms with E-state index in [1.165, 1.54) is 0 Å². The van der Waals surface area contributed by atoms with Gasteiger partial charge in [0, 0.05) is 11.8 Å². The maximum absolute atomic E-state index is 9.57. The number of aromatic hydroxyl groups is 1. The summed E-state index contributed by atoms with van der Waals surface area (Å²) >= 11 is 0. The summed E-state index contributed by atoms with van der Waals surface area (Å²) in [5.41, 5.74) is 1.41. The second-order valence-electron chi connectivity index (χ2n) is 3.49. The van der Waals surface area contributed by atoms with Crippen LogP contribution < -0.4 is 4.74 Å². The van der Waals surface area contributed by atoms with Crippen molar-refractivity contribution in [1.82, 2.24) is 0 Å². The summed E-state index contributed by atoms with van der Waals surface area (Å²) in [4.78, 5) is 4.23. The van der Waals surface area contributed by atoms with Crippen LogP contribution in [0, 0.1) is 0 Å². The molecule has 0 aliphatic carbocycles. The van der Waals surface area contributed by atoms with Crippen LogP contribution in [-0.2, 0) is 0 Å². The Morgan fingerprint density at radius 3 is 2.53 bits per heavy atom. The highest BCUT2D eigenvalue weighted by molar-refractivity contribution is 5.85. The lowest BCUT2D eigenvalue weighted by molar-refractivity contribution is 0.414. The number of phenolic OH excluding ortho intramolecular Hbond substituents is 1. The maximum atomic E-state index is 9.57. The van der Waals surface area contributed by atoms with E-state index >= 15 is 0 Å². The van der Waals surface area contributed by atoms with E-state index in [1.54, 1.807) is 31.5 Å². The van der Waals surface area contributed by atoms with E-state index in [2.05, 4.69) is 4.99 Å². The molecule has 0 atom stereocenters. The van der Waals surface area contributed by atoms with Crippen LogP contribution in [-0.4, -0.2) is 18.4 Å². The van der Waals surface area contributed by atoms with Gasteiger partial charge in [-0.2, -0.15) is 0 Å². The molecule has 0 saturated heterocycles. The lowest BCUT2D eigenvalue weighted by atomic mass is 10.2. The van der Waals surface area contributed by atoms with Gasteiger partial charge in [-0.1, -0.05) is 24.3 Å². The van der Waals surface area contributed by atoms with Crippen LogP contribution >= 0.6 is 0 Å². The first kappa shape index (κ1) is 11.2. The molecule has 3 heteroatoms. The zero-order valence-electron chi connectivity index (χ0n) is 9.50. The highest BCUT2D eigenvalue weighted by Gasteiger charge is 1.99. The van der Waals surface area contributed by atoms with Gasteiger partial charge >= 0.3 is 0 Å². The third-order valence-electron chi connectivity index (χ3n) is 2.36. The molecule has 0 amide bonds. The second-order valence-corrected chi connectivity index (χ2v) is 3.49. The quantitative estimate of drug-likeness (QED) is 0.818. The van der Waals surface area contributed by atoms with Crippen molar-refractivity contribution in [2.75, 3.05) is 7.11 Å². The van der Waals surface area contributed by atoms with Gasteiger partial charge in [0.05, 0.1) is 7.11 Å². The third kappa shape index (κ3) is 2.64. The molecule has 0 spiro atoms. The van der Waals surface area contributed by atoms with Gasteiger partial charge < -0.3 is 9.84 Å². The molecule has 0 radical (unpaired) electrons. The molecule has 0 saturated carbocycles. The molecule has 2 aromatic rings. The third-order valence-corrected chi connectivity index (χ3v) is 2.36. The van der Waals surface area contributed by atoms with E-state index in [-0.39, 0.29) is 5.75 Å². The van der Waals surface area contributed by atoms with E-state index in [1.807, 2.05) is 30.3 Å². The van der Waals surface area contributed by atoms with Crippen molar-refractivity contribution in [1.29, 1.82) is 0 Å². The van der Waals surface area contributed by atoms with Crippen LogP contribution in [0.3, 0.4) is 0 Å². The molecule has 0 bridgehead atoms. The Kier molecular flexibility index (Phi) is 3.40. The van der Waals surface area contributed by atoms with Gasteiger partial charge in [0.25, 0.3) is 0 Å². The van der Waals surface area contributed by atoms with Crippen molar-refractivity contribution in [2.24, 2.45) is 4.99 Å². The van der Waals surface area contributed by atoms with Crippen molar-refractivity contribution in [3.8, 4) is 11.5 Å². The minimum absolute atomic E-state index is 0.165. The van der Waals surface area contributed by atoms with Crippen molar-refractivity contribution in [2.45, 2.75) is 0 Å². The lowest BCUT2D eigenvalue weighted by Crippen LogP contribution is -1.89. The van der Waals surface area contributed by atoms with E-state index in [0.717, 1.165) is 11.3 Å². The molecule has 2 rings (SSSR count). The maximum Gasteiger partial charge on any atom is 0.141 e. The average molecular weight is 227 g/mol. The minimum atomic E-state index is 0.165. The van der Waals surface area contributed by atoms with Gasteiger partial charge in [-0.25, -0.2) is 0 Å². The van der Waals surface area contributed by atoms with Crippen molar-refractivity contribution in [3.05, 3.63) is 54.1 Å². The first-order chi connectivity index (χ1) is 8.31. The Labute approximate surface area is 100 Å². The molecule has 0 unspecified atom stereocenters. The normalized spacial score (nSPS) is 10.6. The summed E-state index contributed by atoms with van der Waals surface area (Å²) < 4.78 is 5.21. The Morgan fingerprint density at radius 1 is 1.06 bits per heavy atom. The van der Waals surface area contributed by atoms with Crippen molar-refractivity contribution >= 4 is 11.9 Å². The van der Waals surface area contributed by atoms with Crippen LogP contribution in [0.2, 0.25) is 0 Å². The topological polar surface area (TPSA) is 41.8 Å². The predicted octanol–water partition coefficient (Wildman–Crippen LogP) is 3.15. The molecule has 86 valence electrons. The summed E-state index contributed by atoms with van der Waals surface area (Å²) in [6.45, 7) is 0. The van der Waals surface area contributed by atoms with Gasteiger partial charge in [0.1, 0.15) is 17.2 Å². The second kappa shape index (κ2) is 5.16. The first-order valence-corrected chi connectivity index (χ1v) is 5.26. The first-order valence-electron chi connectivity index (χ1n) is 5.26. The van der Waals surface area contributed by atoms with Gasteiger partial charge in [-0.15, -0.1) is 0 Å². The fourth-order valence-corrected chi connectivity index (χ4v) is 1.49. The van der Waals surface area contributed by atoms with Gasteiger partial charge in [-0.3, -0.25) is 4.99 Å².